The molecule has 0 radical (unpaired) electrons. The molecule has 1 N–H and O–H groups in total. The van der Waals surface area contributed by atoms with Gasteiger partial charge in [-0.15, -0.1) is 0 Å². The number of nitrogens with zero attached hydrogens (tertiary/aromatic N) is 4. The van der Waals surface area contributed by atoms with Crippen LogP contribution in [0.5, 0.6) is 5.75 Å². The Morgan fingerprint density at radius 2 is 2.06 bits per heavy atom. The van der Waals surface area contributed by atoms with Gasteiger partial charge >= 0.3 is 0 Å². The first kappa shape index (κ1) is 20.5. The number of H-pyrrole nitrogens is 1. The number of hydrogen-bond donors (Lipinski definition) is 1. The van der Waals surface area contributed by atoms with E-state index in [0.29, 0.717) is 40.8 Å². The van der Waals surface area contributed by atoms with E-state index in [9.17, 15) is 4.79 Å². The van der Waals surface area contributed by atoms with Crippen LogP contribution in [-0.2, 0) is 4.74 Å². The van der Waals surface area contributed by atoms with Gasteiger partial charge in [0, 0.05) is 26.3 Å². The number of fused-ring (bicyclic) bond motifs is 1. The molecule has 8 nitrogen and oxygen atoms in total. The quantitative estimate of drug-likeness (QED) is 0.651. The minimum Gasteiger partial charge on any atom is -0.486 e. The lowest BCUT2D eigenvalue weighted by Gasteiger charge is -2.42. The number of nitrogens with one attached hydrogen (secondary N) is 1. The fraction of sp³-hybridized carbons (Fsp3) is 0.500. The summed E-state index contributed by atoms with van der Waals surface area (Å²) in [7, 11) is 0. The van der Waals surface area contributed by atoms with Crippen molar-refractivity contribution in [2.24, 2.45) is 0 Å². The molecule has 2 aliphatic rings. The molecular weight excluding hydrogens is 418 g/mol. The van der Waals surface area contributed by atoms with Crippen LogP contribution in [0.4, 0.5) is 0 Å². The standard InChI is InChI=1S/C22H26ClN5O3/c1-13-3-4-19(18(23)9-13)31-16-11-27(12-16)14(2)20-25-21-17(22(29)26-20)10-24-28(21)15-5-7-30-8-6-15/h3-4,9-10,14-16H,5-8,11-12H2,1-2H3,(H,25,26,29). The summed E-state index contributed by atoms with van der Waals surface area (Å²) in [5, 5.41) is 5.62. The summed E-state index contributed by atoms with van der Waals surface area (Å²) in [6, 6.07) is 5.98. The summed E-state index contributed by atoms with van der Waals surface area (Å²) in [6.45, 7) is 6.95. The smallest absolute Gasteiger partial charge is 0.262 e. The van der Waals surface area contributed by atoms with Crippen molar-refractivity contribution >= 4 is 22.6 Å². The molecule has 1 atom stereocenters. The van der Waals surface area contributed by atoms with E-state index < -0.39 is 0 Å². The van der Waals surface area contributed by atoms with Crippen LogP contribution in [0.1, 0.15) is 43.2 Å². The Bertz CT molecular complexity index is 1150. The number of ether oxygens (including phenoxy) is 2. The molecule has 9 heteroatoms. The van der Waals surface area contributed by atoms with Crippen LogP contribution in [-0.4, -0.2) is 57.1 Å². The Labute approximate surface area is 185 Å². The predicted octanol–water partition coefficient (Wildman–Crippen LogP) is 3.26. The van der Waals surface area contributed by atoms with Crippen LogP contribution in [0.3, 0.4) is 0 Å². The molecule has 31 heavy (non-hydrogen) atoms. The van der Waals surface area contributed by atoms with E-state index in [4.69, 9.17) is 26.1 Å². The van der Waals surface area contributed by atoms with E-state index in [2.05, 4.69) is 15.0 Å². The molecule has 2 aromatic heterocycles. The number of rotatable bonds is 5. The molecule has 5 rings (SSSR count). The van der Waals surface area contributed by atoms with Gasteiger partial charge in [-0.1, -0.05) is 17.7 Å². The molecule has 1 aromatic carbocycles. The van der Waals surface area contributed by atoms with Gasteiger partial charge in [0.15, 0.2) is 5.65 Å². The van der Waals surface area contributed by atoms with Crippen LogP contribution in [0.15, 0.2) is 29.2 Å². The molecule has 2 aliphatic heterocycles. The maximum atomic E-state index is 12.7. The lowest BCUT2D eigenvalue weighted by molar-refractivity contribution is -0.00731. The summed E-state index contributed by atoms with van der Waals surface area (Å²) >= 11 is 6.29. The van der Waals surface area contributed by atoms with Crippen LogP contribution in [0.25, 0.3) is 11.0 Å². The minimum atomic E-state index is -0.148. The van der Waals surface area contributed by atoms with E-state index >= 15 is 0 Å². The highest BCUT2D eigenvalue weighted by Crippen LogP contribution is 2.31. The van der Waals surface area contributed by atoms with Crippen molar-refractivity contribution < 1.29 is 9.47 Å². The topological polar surface area (TPSA) is 85.3 Å². The maximum Gasteiger partial charge on any atom is 0.262 e. The largest absolute Gasteiger partial charge is 0.486 e. The van der Waals surface area contributed by atoms with Gasteiger partial charge in [-0.05, 0) is 44.4 Å². The van der Waals surface area contributed by atoms with Crippen molar-refractivity contribution in [2.45, 2.75) is 44.9 Å². The average Bonchev–Trinajstić information content (AvgIpc) is 3.16. The third kappa shape index (κ3) is 3.95. The lowest BCUT2D eigenvalue weighted by Crippen LogP contribution is -2.54. The van der Waals surface area contributed by atoms with E-state index in [0.717, 1.165) is 31.5 Å². The Morgan fingerprint density at radius 1 is 1.29 bits per heavy atom. The first-order chi connectivity index (χ1) is 15.0. The van der Waals surface area contributed by atoms with Gasteiger partial charge in [-0.3, -0.25) is 9.69 Å². The first-order valence-electron chi connectivity index (χ1n) is 10.7. The Morgan fingerprint density at radius 3 is 2.81 bits per heavy atom. The molecule has 0 spiro atoms. The fourth-order valence-corrected chi connectivity index (χ4v) is 4.54. The first-order valence-corrected chi connectivity index (χ1v) is 11.1. The predicted molar refractivity (Wildman–Crippen MR) is 118 cm³/mol. The summed E-state index contributed by atoms with van der Waals surface area (Å²) in [5.74, 6) is 1.36. The molecule has 1 unspecified atom stereocenters. The zero-order valence-corrected chi connectivity index (χ0v) is 18.4. The molecule has 0 bridgehead atoms. The molecule has 2 saturated heterocycles. The molecule has 0 saturated carbocycles. The third-order valence-electron chi connectivity index (χ3n) is 6.22. The number of aromatic nitrogens is 4. The third-order valence-corrected chi connectivity index (χ3v) is 6.51. The van der Waals surface area contributed by atoms with Crippen LogP contribution >= 0.6 is 11.6 Å². The summed E-state index contributed by atoms with van der Waals surface area (Å²) in [4.78, 5) is 22.7. The van der Waals surface area contributed by atoms with Gasteiger partial charge in [-0.2, -0.15) is 5.10 Å². The van der Waals surface area contributed by atoms with Gasteiger partial charge in [0.05, 0.1) is 23.3 Å². The van der Waals surface area contributed by atoms with Gasteiger partial charge in [0.25, 0.3) is 5.56 Å². The number of hydrogen-bond acceptors (Lipinski definition) is 6. The van der Waals surface area contributed by atoms with Crippen molar-refractivity contribution in [3.8, 4) is 5.75 Å². The monoisotopic (exact) mass is 443 g/mol. The van der Waals surface area contributed by atoms with Gasteiger partial charge in [-0.25, -0.2) is 9.67 Å². The van der Waals surface area contributed by atoms with Gasteiger partial charge in [0.2, 0.25) is 0 Å². The van der Waals surface area contributed by atoms with E-state index in [1.54, 1.807) is 6.20 Å². The number of aromatic amines is 1. The van der Waals surface area contributed by atoms with Crippen molar-refractivity contribution in [3.05, 3.63) is 51.2 Å². The second-order valence-corrected chi connectivity index (χ2v) is 8.83. The number of halogens is 1. The molecule has 0 aliphatic carbocycles. The molecule has 164 valence electrons. The van der Waals surface area contributed by atoms with Gasteiger partial charge < -0.3 is 14.5 Å². The summed E-state index contributed by atoms with van der Waals surface area (Å²) < 4.78 is 13.4. The van der Waals surface area contributed by atoms with Crippen LogP contribution in [0.2, 0.25) is 5.02 Å². The van der Waals surface area contributed by atoms with Crippen molar-refractivity contribution in [3.63, 3.8) is 0 Å². The zero-order valence-electron chi connectivity index (χ0n) is 17.7. The molecular formula is C22H26ClN5O3. The highest BCUT2D eigenvalue weighted by atomic mass is 35.5. The zero-order chi connectivity index (χ0) is 21.5. The normalized spacial score (nSPS) is 19.5. The number of likely N-dealkylation sites (tertiary alicyclic amines) is 1. The number of benzene rings is 1. The molecule has 0 amide bonds. The fourth-order valence-electron chi connectivity index (χ4n) is 4.26. The maximum absolute atomic E-state index is 12.7. The SMILES string of the molecule is Cc1ccc(OC2CN(C(C)c3nc4c(cnn4C4CCOCC4)c(=O)[nH]3)C2)c(Cl)c1. The second-order valence-electron chi connectivity index (χ2n) is 8.42. The highest BCUT2D eigenvalue weighted by Gasteiger charge is 2.34. The van der Waals surface area contributed by atoms with Crippen molar-refractivity contribution in [1.29, 1.82) is 0 Å². The van der Waals surface area contributed by atoms with Crippen molar-refractivity contribution in [1.82, 2.24) is 24.6 Å². The Kier molecular flexibility index (Phi) is 5.45. The second kappa shape index (κ2) is 8.26. The summed E-state index contributed by atoms with van der Waals surface area (Å²) in [5.41, 5.74) is 1.61. The van der Waals surface area contributed by atoms with Crippen LogP contribution in [0, 0.1) is 6.92 Å². The minimum absolute atomic E-state index is 0.0384. The summed E-state index contributed by atoms with van der Waals surface area (Å²) in [6.07, 6.45) is 3.43. The van der Waals surface area contributed by atoms with Crippen LogP contribution < -0.4 is 10.3 Å². The van der Waals surface area contributed by atoms with E-state index in [1.807, 2.05) is 36.7 Å². The Balaban J connectivity index is 1.31. The highest BCUT2D eigenvalue weighted by molar-refractivity contribution is 6.32. The molecule has 3 aromatic rings. The number of aryl methyl sites for hydroxylation is 1. The van der Waals surface area contributed by atoms with E-state index in [1.165, 1.54) is 0 Å². The van der Waals surface area contributed by atoms with Gasteiger partial charge in [0.1, 0.15) is 23.1 Å². The van der Waals surface area contributed by atoms with Crippen molar-refractivity contribution in [2.75, 3.05) is 26.3 Å². The molecule has 4 heterocycles. The lowest BCUT2D eigenvalue weighted by atomic mass is 10.1. The Hall–Kier alpha value is -2.42. The van der Waals surface area contributed by atoms with E-state index in [-0.39, 0.29) is 23.7 Å². The average molecular weight is 444 g/mol. The molecule has 2 fully saturated rings.